The highest BCUT2D eigenvalue weighted by Gasteiger charge is 2.69. The van der Waals surface area contributed by atoms with Crippen LogP contribution in [0, 0.1) is 15.9 Å². The SMILES string of the molecule is Cc1c(=O)n(C)c(Nc2ccc(I)cc2P)c2c(=O)n(C3CC3)c(=O)n(-c3cccc(NC(=O)C(C)(C)C(F)(F)C(F)(F)F)c3)c12. The van der Waals surface area contributed by atoms with E-state index in [4.69, 9.17) is 0 Å². The van der Waals surface area contributed by atoms with Gasteiger partial charge in [-0.2, -0.15) is 22.0 Å². The number of aromatic nitrogens is 3. The first kappa shape index (κ1) is 33.8. The molecule has 1 aliphatic carbocycles. The quantitative estimate of drug-likeness (QED) is 0.147. The van der Waals surface area contributed by atoms with Crippen LogP contribution in [0.25, 0.3) is 16.6 Å². The summed E-state index contributed by atoms with van der Waals surface area (Å²) in [5.74, 6) is -6.86. The van der Waals surface area contributed by atoms with Gasteiger partial charge >= 0.3 is 17.8 Å². The van der Waals surface area contributed by atoms with Crippen molar-refractivity contribution in [3.8, 4) is 5.69 Å². The standard InChI is InChI=1S/C30H28F5IN5O4P/c1-14-22-21(23(39(4)24(14)42)38-19-11-8-15(36)12-20(19)46)25(43)41(17-9-10-17)27(45)40(22)18-7-5-6-16(13-18)37-26(44)28(2,3)29(31,32)30(33,34)35/h5-8,11-13,17,38H,9-10,46H2,1-4H3,(H,37,44). The van der Waals surface area contributed by atoms with Crippen molar-refractivity contribution in [2.24, 2.45) is 12.5 Å². The average Bonchev–Trinajstić information content (AvgIpc) is 3.80. The number of anilines is 3. The third-order valence-electron chi connectivity index (χ3n) is 8.09. The Morgan fingerprint density at radius 1 is 1.00 bits per heavy atom. The van der Waals surface area contributed by atoms with Crippen molar-refractivity contribution >= 4 is 71.1 Å². The minimum Gasteiger partial charge on any atom is -0.340 e. The molecular formula is C30H28F5IN5O4P. The number of rotatable bonds is 7. The molecule has 46 heavy (non-hydrogen) atoms. The molecule has 1 amide bonds. The predicted molar refractivity (Wildman–Crippen MR) is 177 cm³/mol. The molecule has 4 aromatic rings. The largest absolute Gasteiger partial charge is 0.454 e. The molecule has 2 aromatic heterocycles. The molecule has 1 saturated carbocycles. The Labute approximate surface area is 274 Å². The maximum absolute atomic E-state index is 14.2. The number of fused-ring (bicyclic) bond motifs is 1. The average molecular weight is 775 g/mol. The predicted octanol–water partition coefficient (Wildman–Crippen LogP) is 5.51. The molecule has 0 bridgehead atoms. The summed E-state index contributed by atoms with van der Waals surface area (Å²) in [5.41, 5.74) is -4.69. The van der Waals surface area contributed by atoms with E-state index >= 15 is 0 Å². The number of aryl methyl sites for hydroxylation is 1. The fourth-order valence-electron chi connectivity index (χ4n) is 5.14. The van der Waals surface area contributed by atoms with Gasteiger partial charge in [0.15, 0.2) is 0 Å². The van der Waals surface area contributed by atoms with Crippen LogP contribution in [0.4, 0.5) is 39.1 Å². The lowest BCUT2D eigenvalue weighted by Gasteiger charge is -2.33. The van der Waals surface area contributed by atoms with E-state index in [1.807, 2.05) is 12.1 Å². The smallest absolute Gasteiger partial charge is 0.340 e. The van der Waals surface area contributed by atoms with E-state index < -0.39 is 46.3 Å². The van der Waals surface area contributed by atoms with Gasteiger partial charge in [0.2, 0.25) is 5.91 Å². The molecule has 9 nitrogen and oxygen atoms in total. The van der Waals surface area contributed by atoms with E-state index in [2.05, 4.69) is 42.5 Å². The first-order chi connectivity index (χ1) is 21.3. The Balaban J connectivity index is 1.74. The molecule has 0 aliphatic heterocycles. The zero-order valence-corrected chi connectivity index (χ0v) is 28.2. The second-order valence-electron chi connectivity index (χ2n) is 11.6. The first-order valence-corrected chi connectivity index (χ1v) is 15.5. The Hall–Kier alpha value is -3.59. The van der Waals surface area contributed by atoms with Crippen molar-refractivity contribution in [2.45, 2.75) is 51.8 Å². The van der Waals surface area contributed by atoms with Gasteiger partial charge in [0.05, 0.1) is 11.2 Å². The molecule has 2 N–H and O–H groups in total. The lowest BCUT2D eigenvalue weighted by molar-refractivity contribution is -0.314. The molecular weight excluding hydrogens is 747 g/mol. The van der Waals surface area contributed by atoms with Crippen LogP contribution in [0.5, 0.6) is 0 Å². The van der Waals surface area contributed by atoms with Gasteiger partial charge in [-0.05, 0) is 97.9 Å². The van der Waals surface area contributed by atoms with Gasteiger partial charge in [-0.15, -0.1) is 9.24 Å². The van der Waals surface area contributed by atoms with Crippen LogP contribution in [0.15, 0.2) is 56.8 Å². The second kappa shape index (κ2) is 11.6. The van der Waals surface area contributed by atoms with Gasteiger partial charge < -0.3 is 10.6 Å². The number of carbonyl (C=O) groups excluding carboxylic acids is 1. The van der Waals surface area contributed by atoms with E-state index in [-0.39, 0.29) is 33.7 Å². The number of alkyl halides is 5. The number of halogens is 6. The van der Waals surface area contributed by atoms with Crippen molar-refractivity contribution in [2.75, 3.05) is 10.6 Å². The van der Waals surface area contributed by atoms with Gasteiger partial charge in [0.1, 0.15) is 16.6 Å². The summed E-state index contributed by atoms with van der Waals surface area (Å²) >= 11 is 2.14. The van der Waals surface area contributed by atoms with E-state index in [0.717, 1.165) is 18.0 Å². The topological polar surface area (TPSA) is 107 Å². The molecule has 0 radical (unpaired) electrons. The number of amides is 1. The minimum absolute atomic E-state index is 0.0226. The second-order valence-corrected chi connectivity index (χ2v) is 13.5. The van der Waals surface area contributed by atoms with Crippen LogP contribution < -0.4 is 32.7 Å². The fraction of sp³-hybridized carbons (Fsp3) is 0.333. The minimum atomic E-state index is -5.98. The molecule has 0 spiro atoms. The monoisotopic (exact) mass is 775 g/mol. The summed E-state index contributed by atoms with van der Waals surface area (Å²) in [6.07, 6.45) is -4.87. The number of carbonyl (C=O) groups is 1. The third kappa shape index (κ3) is 5.54. The van der Waals surface area contributed by atoms with Crippen molar-refractivity contribution in [3.05, 3.63) is 82.8 Å². The van der Waals surface area contributed by atoms with E-state index in [1.165, 1.54) is 42.8 Å². The van der Waals surface area contributed by atoms with Crippen LogP contribution in [0.1, 0.15) is 38.3 Å². The molecule has 0 saturated heterocycles. The number of hydrogen-bond acceptors (Lipinski definition) is 5. The highest BCUT2D eigenvalue weighted by Crippen LogP contribution is 2.48. The molecule has 1 aliphatic rings. The van der Waals surface area contributed by atoms with Crippen molar-refractivity contribution in [1.82, 2.24) is 13.7 Å². The van der Waals surface area contributed by atoms with E-state index in [1.54, 1.807) is 6.07 Å². The van der Waals surface area contributed by atoms with Gasteiger partial charge in [-0.3, -0.25) is 28.1 Å². The van der Waals surface area contributed by atoms with Gasteiger partial charge in [-0.1, -0.05) is 6.07 Å². The van der Waals surface area contributed by atoms with Crippen LogP contribution >= 0.6 is 31.8 Å². The maximum atomic E-state index is 14.2. The lowest BCUT2D eigenvalue weighted by atomic mass is 9.84. The van der Waals surface area contributed by atoms with Crippen LogP contribution in [-0.4, -0.2) is 31.7 Å². The van der Waals surface area contributed by atoms with Gasteiger partial charge in [-0.25, -0.2) is 4.79 Å². The van der Waals surface area contributed by atoms with Crippen LogP contribution in [0.2, 0.25) is 0 Å². The highest BCUT2D eigenvalue weighted by atomic mass is 127. The van der Waals surface area contributed by atoms with E-state index in [9.17, 15) is 41.1 Å². The molecule has 16 heteroatoms. The number of hydrogen-bond donors (Lipinski definition) is 2. The maximum Gasteiger partial charge on any atom is 0.454 e. The summed E-state index contributed by atoms with van der Waals surface area (Å²) in [6, 6.07) is 10.3. The molecule has 2 heterocycles. The highest BCUT2D eigenvalue weighted by molar-refractivity contribution is 14.1. The molecule has 1 fully saturated rings. The Bertz CT molecular complexity index is 2100. The van der Waals surface area contributed by atoms with Crippen molar-refractivity contribution in [3.63, 3.8) is 0 Å². The number of benzene rings is 2. The van der Waals surface area contributed by atoms with Crippen molar-refractivity contribution < 1.29 is 26.7 Å². The molecule has 244 valence electrons. The van der Waals surface area contributed by atoms with Crippen LogP contribution in [-0.2, 0) is 11.8 Å². The van der Waals surface area contributed by atoms with Gasteiger partial charge in [0.25, 0.3) is 11.1 Å². The molecule has 5 rings (SSSR count). The number of pyridine rings is 1. The summed E-state index contributed by atoms with van der Waals surface area (Å²) in [6.45, 7) is 2.40. The molecule has 2 aromatic carbocycles. The normalized spacial score (nSPS) is 14.1. The molecule has 1 unspecified atom stereocenters. The zero-order valence-electron chi connectivity index (χ0n) is 24.9. The first-order valence-electron chi connectivity index (χ1n) is 13.9. The summed E-state index contributed by atoms with van der Waals surface area (Å²) in [4.78, 5) is 54.4. The third-order valence-corrected chi connectivity index (χ3v) is 9.24. The van der Waals surface area contributed by atoms with Crippen molar-refractivity contribution in [1.29, 1.82) is 0 Å². The Kier molecular flexibility index (Phi) is 8.50. The fourth-order valence-corrected chi connectivity index (χ4v) is 6.34. The summed E-state index contributed by atoms with van der Waals surface area (Å²) in [7, 11) is 4.06. The summed E-state index contributed by atoms with van der Waals surface area (Å²) in [5, 5.41) is 6.04. The summed E-state index contributed by atoms with van der Waals surface area (Å²) < 4.78 is 72.3. The Morgan fingerprint density at radius 3 is 2.24 bits per heavy atom. The molecule has 1 atom stereocenters. The van der Waals surface area contributed by atoms with Crippen LogP contribution in [0.3, 0.4) is 0 Å². The number of nitrogens with zero attached hydrogens (tertiary/aromatic N) is 3. The zero-order chi connectivity index (χ0) is 34.1. The Morgan fingerprint density at radius 2 is 1.65 bits per heavy atom. The lowest BCUT2D eigenvalue weighted by Crippen LogP contribution is -2.54. The van der Waals surface area contributed by atoms with E-state index in [0.29, 0.717) is 32.4 Å². The number of nitrogens with one attached hydrogen (secondary N) is 2. The van der Waals surface area contributed by atoms with Gasteiger partial charge in [0, 0.05) is 33.6 Å².